The maximum Gasteiger partial charge on any atom is 0.408 e. The van der Waals surface area contributed by atoms with Gasteiger partial charge >= 0.3 is 12.1 Å². The van der Waals surface area contributed by atoms with Gasteiger partial charge in [-0.3, -0.25) is 0 Å². The number of alkyl carbamates (subject to hydrolysis) is 1. The normalized spacial score (nSPS) is 12.2. The van der Waals surface area contributed by atoms with Crippen molar-refractivity contribution in [3.63, 3.8) is 0 Å². The summed E-state index contributed by atoms with van der Waals surface area (Å²) in [6.07, 6.45) is 2.29. The summed E-state index contributed by atoms with van der Waals surface area (Å²) in [4.78, 5) is 23.6. The van der Waals surface area contributed by atoms with Crippen molar-refractivity contribution in [2.75, 3.05) is 13.7 Å². The van der Waals surface area contributed by atoms with Crippen molar-refractivity contribution < 1.29 is 28.9 Å². The molecular formula is C20H31NO6. The summed E-state index contributed by atoms with van der Waals surface area (Å²) in [5, 5.41) is 11.9. The van der Waals surface area contributed by atoms with Crippen molar-refractivity contribution in [2.45, 2.75) is 65.0 Å². The quantitative estimate of drug-likeness (QED) is 0.599. The SMILES string of the molecule is CCCCCOc1c(CC(NC(=O)OC(C)(C)C)C(=O)O)cccc1OC. The summed E-state index contributed by atoms with van der Waals surface area (Å²) >= 11 is 0. The predicted molar refractivity (Wildman–Crippen MR) is 103 cm³/mol. The first kappa shape index (κ1) is 22.6. The molecule has 0 saturated carbocycles. The van der Waals surface area contributed by atoms with Crippen LogP contribution >= 0.6 is 0 Å². The van der Waals surface area contributed by atoms with E-state index >= 15 is 0 Å². The van der Waals surface area contributed by atoms with E-state index in [2.05, 4.69) is 12.2 Å². The molecule has 1 aromatic rings. The summed E-state index contributed by atoms with van der Waals surface area (Å²) in [5.74, 6) is -0.112. The highest BCUT2D eigenvalue weighted by Crippen LogP contribution is 2.32. The second kappa shape index (κ2) is 10.6. The number of ether oxygens (including phenoxy) is 3. The Bertz CT molecular complexity index is 623. The minimum Gasteiger partial charge on any atom is -0.493 e. The molecule has 1 rings (SSSR count). The molecule has 1 unspecified atom stereocenters. The Morgan fingerprint density at radius 3 is 2.48 bits per heavy atom. The Balaban J connectivity index is 2.94. The van der Waals surface area contributed by atoms with E-state index in [4.69, 9.17) is 14.2 Å². The van der Waals surface area contributed by atoms with Crippen LogP contribution in [0, 0.1) is 0 Å². The number of hydrogen-bond donors (Lipinski definition) is 2. The third-order valence-electron chi connectivity index (χ3n) is 3.69. The smallest absolute Gasteiger partial charge is 0.408 e. The molecule has 0 spiro atoms. The second-order valence-corrected chi connectivity index (χ2v) is 7.25. The zero-order chi connectivity index (χ0) is 20.4. The molecule has 0 aromatic heterocycles. The molecule has 2 N–H and O–H groups in total. The van der Waals surface area contributed by atoms with Crippen LogP contribution in [0.3, 0.4) is 0 Å². The summed E-state index contributed by atoms with van der Waals surface area (Å²) < 4.78 is 16.4. The Kier molecular flexibility index (Phi) is 8.91. The lowest BCUT2D eigenvalue weighted by Gasteiger charge is -2.22. The number of aliphatic carboxylic acids is 1. The molecule has 0 aliphatic carbocycles. The molecule has 27 heavy (non-hydrogen) atoms. The topological polar surface area (TPSA) is 94.1 Å². The zero-order valence-corrected chi connectivity index (χ0v) is 16.8. The van der Waals surface area contributed by atoms with Crippen LogP contribution in [0.25, 0.3) is 0 Å². The van der Waals surface area contributed by atoms with E-state index in [0.29, 0.717) is 23.7 Å². The van der Waals surface area contributed by atoms with E-state index in [1.54, 1.807) is 39.0 Å². The predicted octanol–water partition coefficient (Wildman–Crippen LogP) is 3.78. The molecular weight excluding hydrogens is 350 g/mol. The van der Waals surface area contributed by atoms with Crippen LogP contribution in [0.4, 0.5) is 4.79 Å². The first-order chi connectivity index (χ1) is 12.7. The molecule has 7 nitrogen and oxygen atoms in total. The third-order valence-corrected chi connectivity index (χ3v) is 3.69. The number of carboxylic acid groups (broad SMARTS) is 1. The highest BCUT2D eigenvalue weighted by atomic mass is 16.6. The van der Waals surface area contributed by atoms with Gasteiger partial charge in [0.15, 0.2) is 11.5 Å². The first-order valence-electron chi connectivity index (χ1n) is 9.19. The van der Waals surface area contributed by atoms with Gasteiger partial charge in [-0.25, -0.2) is 9.59 Å². The van der Waals surface area contributed by atoms with Crippen LogP contribution in [0.15, 0.2) is 18.2 Å². The van der Waals surface area contributed by atoms with Crippen molar-refractivity contribution >= 4 is 12.1 Å². The molecule has 1 atom stereocenters. The monoisotopic (exact) mass is 381 g/mol. The van der Waals surface area contributed by atoms with Gasteiger partial charge in [-0.2, -0.15) is 0 Å². The molecule has 0 saturated heterocycles. The number of hydrogen-bond acceptors (Lipinski definition) is 5. The Hall–Kier alpha value is -2.44. The second-order valence-electron chi connectivity index (χ2n) is 7.25. The Morgan fingerprint density at radius 2 is 1.93 bits per heavy atom. The van der Waals surface area contributed by atoms with E-state index in [-0.39, 0.29) is 6.42 Å². The van der Waals surface area contributed by atoms with E-state index < -0.39 is 23.7 Å². The molecule has 1 aromatic carbocycles. The fourth-order valence-electron chi connectivity index (χ4n) is 2.44. The van der Waals surface area contributed by atoms with Crippen LogP contribution < -0.4 is 14.8 Å². The van der Waals surface area contributed by atoms with Gasteiger partial charge in [-0.05, 0) is 33.3 Å². The summed E-state index contributed by atoms with van der Waals surface area (Å²) in [5.41, 5.74) is -0.0641. The summed E-state index contributed by atoms with van der Waals surface area (Å²) in [6.45, 7) is 7.76. The van der Waals surface area contributed by atoms with Crippen LogP contribution in [-0.4, -0.2) is 42.5 Å². The van der Waals surface area contributed by atoms with Gasteiger partial charge in [-0.1, -0.05) is 31.9 Å². The number of carboxylic acids is 1. The number of unbranched alkanes of at least 4 members (excludes halogenated alkanes) is 2. The van der Waals surface area contributed by atoms with Crippen molar-refractivity contribution in [3.8, 4) is 11.5 Å². The van der Waals surface area contributed by atoms with Gasteiger partial charge in [0.1, 0.15) is 11.6 Å². The molecule has 0 bridgehead atoms. The minimum absolute atomic E-state index is 0.0505. The third kappa shape index (κ3) is 8.19. The molecule has 0 aliphatic rings. The van der Waals surface area contributed by atoms with Crippen molar-refractivity contribution in [1.29, 1.82) is 0 Å². The lowest BCUT2D eigenvalue weighted by Crippen LogP contribution is -2.44. The maximum atomic E-state index is 12.0. The van der Waals surface area contributed by atoms with Crippen molar-refractivity contribution in [3.05, 3.63) is 23.8 Å². The number of carbonyl (C=O) groups is 2. The number of carbonyl (C=O) groups excluding carboxylic acids is 1. The highest BCUT2D eigenvalue weighted by molar-refractivity contribution is 5.80. The number of benzene rings is 1. The van der Waals surface area contributed by atoms with Crippen LogP contribution in [0.1, 0.15) is 52.5 Å². The fourth-order valence-corrected chi connectivity index (χ4v) is 2.44. The lowest BCUT2D eigenvalue weighted by molar-refractivity contribution is -0.139. The van der Waals surface area contributed by atoms with Gasteiger partial charge in [0.25, 0.3) is 0 Å². The fraction of sp³-hybridized carbons (Fsp3) is 0.600. The van der Waals surface area contributed by atoms with Crippen LogP contribution in [0.2, 0.25) is 0 Å². The van der Waals surface area contributed by atoms with Crippen molar-refractivity contribution in [1.82, 2.24) is 5.32 Å². The van der Waals surface area contributed by atoms with E-state index in [0.717, 1.165) is 19.3 Å². The van der Waals surface area contributed by atoms with Gasteiger partial charge in [0.2, 0.25) is 0 Å². The average Bonchev–Trinajstić information content (AvgIpc) is 2.57. The van der Waals surface area contributed by atoms with E-state index in [1.165, 1.54) is 7.11 Å². The first-order valence-corrected chi connectivity index (χ1v) is 9.19. The van der Waals surface area contributed by atoms with Crippen LogP contribution in [-0.2, 0) is 16.0 Å². The van der Waals surface area contributed by atoms with Crippen LogP contribution in [0.5, 0.6) is 11.5 Å². The van der Waals surface area contributed by atoms with E-state index in [9.17, 15) is 14.7 Å². The minimum atomic E-state index is -1.15. The van der Waals surface area contributed by atoms with Gasteiger partial charge < -0.3 is 24.6 Å². The lowest BCUT2D eigenvalue weighted by atomic mass is 10.0. The number of para-hydroxylation sites is 1. The van der Waals surface area contributed by atoms with Gasteiger partial charge in [-0.15, -0.1) is 0 Å². The Morgan fingerprint density at radius 1 is 1.22 bits per heavy atom. The van der Waals surface area contributed by atoms with E-state index in [1.807, 2.05) is 0 Å². The number of amides is 1. The van der Waals surface area contributed by atoms with Gasteiger partial charge in [0.05, 0.1) is 13.7 Å². The molecule has 0 fully saturated rings. The van der Waals surface area contributed by atoms with Crippen molar-refractivity contribution in [2.24, 2.45) is 0 Å². The molecule has 7 heteroatoms. The number of rotatable bonds is 10. The number of methoxy groups -OCH3 is 1. The highest BCUT2D eigenvalue weighted by Gasteiger charge is 2.26. The van der Waals surface area contributed by atoms with Gasteiger partial charge in [0, 0.05) is 12.0 Å². The summed E-state index contributed by atoms with van der Waals surface area (Å²) in [6, 6.07) is 4.14. The standard InChI is InChI=1S/C20H31NO6/c1-6-7-8-12-26-17-14(10-9-11-16(17)25-5)13-15(18(22)23)21-19(24)27-20(2,3)4/h9-11,15H,6-8,12-13H2,1-5H3,(H,21,24)(H,22,23). The maximum absolute atomic E-state index is 12.0. The largest absolute Gasteiger partial charge is 0.493 e. The average molecular weight is 381 g/mol. The number of nitrogens with one attached hydrogen (secondary N) is 1. The molecule has 152 valence electrons. The summed E-state index contributed by atoms with van der Waals surface area (Å²) in [7, 11) is 1.53. The molecule has 0 aliphatic heterocycles. The zero-order valence-electron chi connectivity index (χ0n) is 16.8. The molecule has 1 amide bonds. The molecule has 0 radical (unpaired) electrons. The molecule has 0 heterocycles. The Labute approximate surface area is 161 Å².